The molecule has 1 aromatic rings. The molecular weight excluding hydrogens is 216 g/mol. The first-order chi connectivity index (χ1) is 7.61. The van der Waals surface area contributed by atoms with Crippen molar-refractivity contribution in [1.29, 1.82) is 0 Å². The van der Waals surface area contributed by atoms with E-state index < -0.39 is 11.6 Å². The molecule has 6 heteroatoms. The third-order valence-corrected chi connectivity index (χ3v) is 1.95. The van der Waals surface area contributed by atoms with Crippen LogP contribution in [0.3, 0.4) is 0 Å². The highest BCUT2D eigenvalue weighted by Crippen LogP contribution is 2.07. The summed E-state index contributed by atoms with van der Waals surface area (Å²) in [6.45, 7) is 0.716. The van der Waals surface area contributed by atoms with Crippen molar-refractivity contribution in [2.45, 2.75) is 6.42 Å². The number of nitrogens with one attached hydrogen (secondary N) is 1. The first-order valence-electron chi connectivity index (χ1n) is 4.74. The predicted octanol–water partition coefficient (Wildman–Crippen LogP) is 0.843. The molecule has 0 aliphatic heterocycles. The van der Waals surface area contributed by atoms with Crippen LogP contribution in [0.2, 0.25) is 0 Å². The lowest BCUT2D eigenvalue weighted by Gasteiger charge is -2.04. The minimum absolute atomic E-state index is 0.0606. The standard InChI is InChI=1S/C10H13F2N3O/c11-8-3-7(4-9(12)5-8)1-2-14-6-10(13)15-16/h3-5,14,16H,1-2,6H2,(H2,13,15). The van der Waals surface area contributed by atoms with Crippen molar-refractivity contribution in [3.05, 3.63) is 35.4 Å². The summed E-state index contributed by atoms with van der Waals surface area (Å²) in [4.78, 5) is 0. The molecule has 0 unspecified atom stereocenters. The quantitative estimate of drug-likeness (QED) is 0.230. The molecule has 1 rings (SSSR count). The first-order valence-corrected chi connectivity index (χ1v) is 4.74. The topological polar surface area (TPSA) is 70.6 Å². The zero-order valence-electron chi connectivity index (χ0n) is 8.58. The Hall–Kier alpha value is -1.69. The number of hydrogen-bond donors (Lipinski definition) is 3. The van der Waals surface area contributed by atoms with Gasteiger partial charge in [0.25, 0.3) is 0 Å². The van der Waals surface area contributed by atoms with Gasteiger partial charge < -0.3 is 16.3 Å². The van der Waals surface area contributed by atoms with Gasteiger partial charge in [-0.2, -0.15) is 0 Å². The van der Waals surface area contributed by atoms with Crippen molar-refractivity contribution in [1.82, 2.24) is 5.32 Å². The number of nitrogens with zero attached hydrogens (tertiary/aromatic N) is 1. The fraction of sp³-hybridized carbons (Fsp3) is 0.300. The van der Waals surface area contributed by atoms with Crippen LogP contribution >= 0.6 is 0 Å². The summed E-state index contributed by atoms with van der Waals surface area (Å²) in [5.41, 5.74) is 5.78. The minimum atomic E-state index is -0.591. The number of hydrogen-bond acceptors (Lipinski definition) is 3. The average molecular weight is 229 g/mol. The van der Waals surface area contributed by atoms with E-state index in [9.17, 15) is 8.78 Å². The highest BCUT2D eigenvalue weighted by Gasteiger charge is 2.00. The van der Waals surface area contributed by atoms with Crippen molar-refractivity contribution in [3.63, 3.8) is 0 Å². The van der Waals surface area contributed by atoms with E-state index in [1.807, 2.05) is 0 Å². The molecule has 0 aliphatic carbocycles. The predicted molar refractivity (Wildman–Crippen MR) is 56.3 cm³/mol. The average Bonchev–Trinajstić information content (AvgIpc) is 2.22. The van der Waals surface area contributed by atoms with Crippen LogP contribution in [-0.4, -0.2) is 24.1 Å². The van der Waals surface area contributed by atoms with Gasteiger partial charge in [-0.15, -0.1) is 0 Å². The van der Waals surface area contributed by atoms with Crippen LogP contribution in [0.5, 0.6) is 0 Å². The van der Waals surface area contributed by atoms with Crippen LogP contribution < -0.4 is 11.1 Å². The zero-order valence-corrected chi connectivity index (χ0v) is 8.58. The summed E-state index contributed by atoms with van der Waals surface area (Å²) in [6.07, 6.45) is 0.466. The molecule has 0 atom stereocenters. The molecule has 4 nitrogen and oxygen atoms in total. The molecule has 4 N–H and O–H groups in total. The van der Waals surface area contributed by atoms with Gasteiger partial charge in [-0.25, -0.2) is 8.78 Å². The lowest BCUT2D eigenvalue weighted by Crippen LogP contribution is -2.30. The van der Waals surface area contributed by atoms with Gasteiger partial charge in [-0.3, -0.25) is 0 Å². The first kappa shape index (κ1) is 12.4. The molecule has 0 aromatic heterocycles. The Kier molecular flexibility index (Phi) is 4.65. The van der Waals surface area contributed by atoms with Crippen molar-refractivity contribution in [2.24, 2.45) is 10.9 Å². The molecule has 0 spiro atoms. The molecule has 0 aliphatic rings. The van der Waals surface area contributed by atoms with E-state index in [0.29, 0.717) is 18.5 Å². The molecular formula is C10H13F2N3O. The second-order valence-electron chi connectivity index (χ2n) is 3.30. The maximum absolute atomic E-state index is 12.8. The minimum Gasteiger partial charge on any atom is -0.409 e. The summed E-state index contributed by atoms with van der Waals surface area (Å²) >= 11 is 0. The molecule has 0 saturated carbocycles. The number of oxime groups is 1. The molecule has 0 amide bonds. The second kappa shape index (κ2) is 6.02. The van der Waals surface area contributed by atoms with E-state index in [1.165, 1.54) is 12.1 Å². The van der Waals surface area contributed by atoms with Crippen molar-refractivity contribution < 1.29 is 14.0 Å². The summed E-state index contributed by atoms with van der Waals surface area (Å²) in [5, 5.41) is 13.9. The molecule has 0 saturated heterocycles. The lowest BCUT2D eigenvalue weighted by atomic mass is 10.1. The molecule has 0 radical (unpaired) electrons. The van der Waals surface area contributed by atoms with E-state index in [4.69, 9.17) is 10.9 Å². The number of rotatable bonds is 5. The Morgan fingerprint density at radius 1 is 1.31 bits per heavy atom. The Balaban J connectivity index is 2.37. The van der Waals surface area contributed by atoms with Gasteiger partial charge in [0.15, 0.2) is 5.84 Å². The molecule has 0 fully saturated rings. The van der Waals surface area contributed by atoms with Crippen LogP contribution in [0.25, 0.3) is 0 Å². The molecule has 0 bridgehead atoms. The molecule has 16 heavy (non-hydrogen) atoms. The monoisotopic (exact) mass is 229 g/mol. The highest BCUT2D eigenvalue weighted by molar-refractivity contribution is 5.81. The largest absolute Gasteiger partial charge is 0.409 e. The Morgan fingerprint density at radius 3 is 2.50 bits per heavy atom. The van der Waals surface area contributed by atoms with E-state index in [-0.39, 0.29) is 12.4 Å². The van der Waals surface area contributed by atoms with Crippen LogP contribution in [0, 0.1) is 11.6 Å². The van der Waals surface area contributed by atoms with Crippen LogP contribution in [0.1, 0.15) is 5.56 Å². The Bertz CT molecular complexity index is 362. The van der Waals surface area contributed by atoms with Gasteiger partial charge in [0.1, 0.15) is 11.6 Å². The summed E-state index contributed by atoms with van der Waals surface area (Å²) in [5.74, 6) is -1.12. The Labute approximate surface area is 91.8 Å². The third-order valence-electron chi connectivity index (χ3n) is 1.95. The van der Waals surface area contributed by atoms with Crippen molar-refractivity contribution >= 4 is 5.84 Å². The molecule has 1 aromatic carbocycles. The summed E-state index contributed by atoms with van der Waals surface area (Å²) < 4.78 is 25.6. The van der Waals surface area contributed by atoms with Gasteiger partial charge >= 0.3 is 0 Å². The number of benzene rings is 1. The fourth-order valence-electron chi connectivity index (χ4n) is 1.24. The van der Waals surface area contributed by atoms with E-state index in [0.717, 1.165) is 6.07 Å². The summed E-state index contributed by atoms with van der Waals surface area (Å²) in [7, 11) is 0. The van der Waals surface area contributed by atoms with Gasteiger partial charge in [-0.1, -0.05) is 5.16 Å². The SMILES string of the molecule is NC(CNCCc1cc(F)cc(F)c1)=NO. The second-order valence-corrected chi connectivity index (χ2v) is 3.30. The smallest absolute Gasteiger partial charge is 0.153 e. The van der Waals surface area contributed by atoms with Gasteiger partial charge in [-0.05, 0) is 30.7 Å². The van der Waals surface area contributed by atoms with Gasteiger partial charge in [0.2, 0.25) is 0 Å². The van der Waals surface area contributed by atoms with Crippen molar-refractivity contribution in [3.8, 4) is 0 Å². The van der Waals surface area contributed by atoms with E-state index >= 15 is 0 Å². The highest BCUT2D eigenvalue weighted by atomic mass is 19.1. The maximum atomic E-state index is 12.8. The molecule has 88 valence electrons. The fourth-order valence-corrected chi connectivity index (χ4v) is 1.24. The maximum Gasteiger partial charge on any atom is 0.153 e. The van der Waals surface area contributed by atoms with Gasteiger partial charge in [0.05, 0.1) is 6.54 Å². The Morgan fingerprint density at radius 2 is 1.94 bits per heavy atom. The summed E-state index contributed by atoms with van der Waals surface area (Å²) in [6, 6.07) is 3.37. The normalized spacial score (nSPS) is 11.8. The van der Waals surface area contributed by atoms with E-state index in [2.05, 4.69) is 10.5 Å². The third kappa shape index (κ3) is 4.22. The van der Waals surface area contributed by atoms with Crippen molar-refractivity contribution in [2.75, 3.05) is 13.1 Å². The number of halogens is 2. The zero-order chi connectivity index (χ0) is 12.0. The number of nitrogens with two attached hydrogens (primary N) is 1. The van der Waals surface area contributed by atoms with Gasteiger partial charge in [0, 0.05) is 6.07 Å². The van der Waals surface area contributed by atoms with Crippen LogP contribution in [0.15, 0.2) is 23.4 Å². The lowest BCUT2D eigenvalue weighted by molar-refractivity contribution is 0.317. The van der Waals surface area contributed by atoms with Crippen LogP contribution in [-0.2, 0) is 6.42 Å². The van der Waals surface area contributed by atoms with E-state index in [1.54, 1.807) is 0 Å². The van der Waals surface area contributed by atoms with Crippen LogP contribution in [0.4, 0.5) is 8.78 Å². The number of amidine groups is 1. The molecule has 0 heterocycles.